The van der Waals surface area contributed by atoms with Gasteiger partial charge in [0.25, 0.3) is 0 Å². The molecule has 1 aromatic rings. The molecule has 0 aromatic heterocycles. The molecule has 1 aliphatic rings. The van der Waals surface area contributed by atoms with Crippen molar-refractivity contribution >= 4 is 23.2 Å². The minimum atomic E-state index is 0.259. The molecule has 21 heavy (non-hydrogen) atoms. The first-order chi connectivity index (χ1) is 10.2. The summed E-state index contributed by atoms with van der Waals surface area (Å²) in [5, 5.41) is 4.70. The summed E-state index contributed by atoms with van der Waals surface area (Å²) in [7, 11) is 1.99. The molecule has 1 N–H and O–H groups in total. The minimum Gasteiger partial charge on any atom is -0.313 e. The van der Waals surface area contributed by atoms with E-state index >= 15 is 0 Å². The summed E-state index contributed by atoms with van der Waals surface area (Å²) < 4.78 is 0. The highest BCUT2D eigenvalue weighted by Gasteiger charge is 2.24. The third kappa shape index (κ3) is 5.14. The maximum Gasteiger partial charge on any atom is 0.0640 e. The molecule has 0 spiro atoms. The van der Waals surface area contributed by atoms with Crippen molar-refractivity contribution in [2.24, 2.45) is 5.92 Å². The Labute approximate surface area is 138 Å². The molecule has 1 saturated carbocycles. The van der Waals surface area contributed by atoms with Crippen LogP contribution in [-0.2, 0) is 0 Å². The van der Waals surface area contributed by atoms with Gasteiger partial charge in [-0.25, -0.2) is 0 Å². The van der Waals surface area contributed by atoms with Gasteiger partial charge in [-0.05, 0) is 63.4 Å². The number of benzene rings is 1. The van der Waals surface area contributed by atoms with Gasteiger partial charge in [-0.15, -0.1) is 0 Å². The molecule has 4 heteroatoms. The van der Waals surface area contributed by atoms with Crippen molar-refractivity contribution in [3.8, 4) is 0 Å². The van der Waals surface area contributed by atoms with Crippen LogP contribution in [0.15, 0.2) is 18.2 Å². The van der Waals surface area contributed by atoms with Crippen molar-refractivity contribution in [1.29, 1.82) is 0 Å². The molecule has 1 fully saturated rings. The van der Waals surface area contributed by atoms with Gasteiger partial charge in [-0.3, -0.25) is 0 Å². The van der Waals surface area contributed by atoms with Crippen molar-refractivity contribution in [1.82, 2.24) is 10.2 Å². The predicted octanol–water partition coefficient (Wildman–Crippen LogP) is 4.77. The van der Waals surface area contributed by atoms with E-state index in [2.05, 4.69) is 23.2 Å². The van der Waals surface area contributed by atoms with Gasteiger partial charge in [0, 0.05) is 12.6 Å². The van der Waals surface area contributed by atoms with E-state index in [0.29, 0.717) is 10.0 Å². The van der Waals surface area contributed by atoms with Gasteiger partial charge in [-0.2, -0.15) is 0 Å². The number of hydrogen-bond donors (Lipinski definition) is 1. The zero-order chi connectivity index (χ0) is 15.2. The molecule has 0 aliphatic heterocycles. The highest BCUT2D eigenvalue weighted by Crippen LogP contribution is 2.32. The fourth-order valence-corrected chi connectivity index (χ4v) is 3.27. The number of nitrogens with one attached hydrogen (secondary N) is 1. The Hall–Kier alpha value is -0.280. The summed E-state index contributed by atoms with van der Waals surface area (Å²) in [6.45, 7) is 5.81. The van der Waals surface area contributed by atoms with Crippen LogP contribution >= 0.6 is 23.2 Å². The highest BCUT2D eigenvalue weighted by atomic mass is 35.5. The maximum absolute atomic E-state index is 6.35. The van der Waals surface area contributed by atoms with Gasteiger partial charge in [0.1, 0.15) is 0 Å². The molecule has 118 valence electrons. The Balaban J connectivity index is 1.95. The second-order valence-electron chi connectivity index (χ2n) is 6.02. The third-order valence-electron chi connectivity index (χ3n) is 4.19. The lowest BCUT2D eigenvalue weighted by Gasteiger charge is -2.25. The summed E-state index contributed by atoms with van der Waals surface area (Å²) in [6, 6.07) is 6.15. The fraction of sp³-hybridized carbons (Fsp3) is 0.647. The Kier molecular flexibility index (Phi) is 6.81. The molecule has 0 radical (unpaired) electrons. The Morgan fingerprint density at radius 2 is 2.05 bits per heavy atom. The molecule has 1 unspecified atom stereocenters. The molecule has 1 atom stereocenters. The number of halogens is 2. The summed E-state index contributed by atoms with van der Waals surface area (Å²) in [6.07, 6.45) is 5.10. The predicted molar refractivity (Wildman–Crippen MR) is 92.3 cm³/mol. The summed E-state index contributed by atoms with van der Waals surface area (Å²) in [5.41, 5.74) is 1.11. The van der Waals surface area contributed by atoms with Crippen LogP contribution in [0.4, 0.5) is 0 Å². The van der Waals surface area contributed by atoms with E-state index in [1.165, 1.54) is 32.4 Å². The van der Waals surface area contributed by atoms with E-state index in [4.69, 9.17) is 23.2 Å². The lowest BCUT2D eigenvalue weighted by atomic mass is 10.0. The molecule has 1 aliphatic carbocycles. The van der Waals surface area contributed by atoms with Crippen LogP contribution in [0, 0.1) is 5.92 Å². The Morgan fingerprint density at radius 1 is 1.29 bits per heavy atom. The fourth-order valence-electron chi connectivity index (χ4n) is 2.83. The zero-order valence-electron chi connectivity index (χ0n) is 13.0. The van der Waals surface area contributed by atoms with E-state index in [1.807, 2.05) is 19.2 Å². The maximum atomic E-state index is 6.35. The van der Waals surface area contributed by atoms with Crippen LogP contribution in [0.5, 0.6) is 0 Å². The largest absolute Gasteiger partial charge is 0.313 e. The van der Waals surface area contributed by atoms with E-state index in [-0.39, 0.29) is 6.04 Å². The Bertz CT molecular complexity index is 446. The Morgan fingerprint density at radius 3 is 2.67 bits per heavy atom. The first-order valence-electron chi connectivity index (χ1n) is 7.99. The van der Waals surface area contributed by atoms with Crippen molar-refractivity contribution < 1.29 is 0 Å². The quantitative estimate of drug-likeness (QED) is 0.702. The van der Waals surface area contributed by atoms with E-state index in [0.717, 1.165) is 24.4 Å². The van der Waals surface area contributed by atoms with Gasteiger partial charge in [0.05, 0.1) is 10.0 Å². The summed E-state index contributed by atoms with van der Waals surface area (Å²) in [5.74, 6) is 0.944. The monoisotopic (exact) mass is 328 g/mol. The number of nitrogens with zero attached hydrogens (tertiary/aromatic N) is 1. The molecule has 1 aromatic carbocycles. The zero-order valence-corrected chi connectivity index (χ0v) is 14.6. The van der Waals surface area contributed by atoms with Crippen molar-refractivity contribution in [2.45, 2.75) is 38.6 Å². The van der Waals surface area contributed by atoms with Gasteiger partial charge in [0.15, 0.2) is 0 Å². The normalized spacial score (nSPS) is 16.4. The van der Waals surface area contributed by atoms with Crippen molar-refractivity contribution in [2.75, 3.05) is 26.7 Å². The highest BCUT2D eigenvalue weighted by molar-refractivity contribution is 6.42. The average Bonchev–Trinajstić information content (AvgIpc) is 3.28. The second kappa shape index (κ2) is 8.38. The van der Waals surface area contributed by atoms with Crippen LogP contribution in [0.1, 0.15) is 44.2 Å². The van der Waals surface area contributed by atoms with Crippen LogP contribution < -0.4 is 5.32 Å². The molecular weight excluding hydrogens is 303 g/mol. The molecular formula is C17H26Cl2N2. The van der Waals surface area contributed by atoms with Gasteiger partial charge >= 0.3 is 0 Å². The van der Waals surface area contributed by atoms with Gasteiger partial charge < -0.3 is 10.2 Å². The number of hydrogen-bond acceptors (Lipinski definition) is 2. The smallest absolute Gasteiger partial charge is 0.0640 e. The third-order valence-corrected chi connectivity index (χ3v) is 5.03. The standard InChI is InChI=1S/C17H26Cl2N2/c1-3-10-21(12-13-7-8-13)11-9-16(20-2)14-5-4-6-15(18)17(14)19/h4-6,13,16,20H,3,7-12H2,1-2H3. The SMILES string of the molecule is CCCN(CCC(NC)c1cccc(Cl)c1Cl)CC1CC1. The van der Waals surface area contributed by atoms with E-state index in [9.17, 15) is 0 Å². The van der Waals surface area contributed by atoms with Gasteiger partial charge in [0.2, 0.25) is 0 Å². The average molecular weight is 329 g/mol. The molecule has 0 amide bonds. The topological polar surface area (TPSA) is 15.3 Å². The second-order valence-corrected chi connectivity index (χ2v) is 6.80. The van der Waals surface area contributed by atoms with Crippen LogP contribution in [0.25, 0.3) is 0 Å². The van der Waals surface area contributed by atoms with Crippen LogP contribution in [-0.4, -0.2) is 31.6 Å². The first kappa shape index (κ1) is 17.1. The summed E-state index contributed by atoms with van der Waals surface area (Å²) in [4.78, 5) is 2.60. The van der Waals surface area contributed by atoms with Crippen LogP contribution in [0.3, 0.4) is 0 Å². The first-order valence-corrected chi connectivity index (χ1v) is 8.74. The van der Waals surface area contributed by atoms with Gasteiger partial charge in [-0.1, -0.05) is 42.3 Å². The molecule has 2 rings (SSSR count). The number of rotatable bonds is 9. The van der Waals surface area contributed by atoms with Crippen molar-refractivity contribution in [3.05, 3.63) is 33.8 Å². The van der Waals surface area contributed by atoms with E-state index < -0.39 is 0 Å². The van der Waals surface area contributed by atoms with E-state index in [1.54, 1.807) is 0 Å². The molecule has 2 nitrogen and oxygen atoms in total. The minimum absolute atomic E-state index is 0.259. The molecule has 0 bridgehead atoms. The van der Waals surface area contributed by atoms with Crippen LogP contribution in [0.2, 0.25) is 10.0 Å². The lowest BCUT2D eigenvalue weighted by molar-refractivity contribution is 0.249. The van der Waals surface area contributed by atoms with Crippen molar-refractivity contribution in [3.63, 3.8) is 0 Å². The molecule has 0 saturated heterocycles. The molecule has 0 heterocycles. The summed E-state index contributed by atoms with van der Waals surface area (Å²) >= 11 is 12.5. The lowest BCUT2D eigenvalue weighted by Crippen LogP contribution is -2.31.